The van der Waals surface area contributed by atoms with E-state index >= 15 is 0 Å². The van der Waals surface area contributed by atoms with E-state index in [1.54, 1.807) is 12.4 Å². The molecule has 1 aliphatic heterocycles. The SMILES string of the molecule is C=C1COC(=O)C1NCc1cccnc1. The van der Waals surface area contributed by atoms with Crippen molar-refractivity contribution in [3.05, 3.63) is 42.2 Å². The zero-order valence-electron chi connectivity index (χ0n) is 8.27. The summed E-state index contributed by atoms with van der Waals surface area (Å²) < 4.78 is 4.85. The average Bonchev–Trinajstić information content (AvgIpc) is 2.58. The number of cyclic esters (lactones) is 1. The zero-order chi connectivity index (χ0) is 10.7. The van der Waals surface area contributed by atoms with Crippen molar-refractivity contribution in [1.29, 1.82) is 0 Å². The second-order valence-corrected chi connectivity index (χ2v) is 3.44. The van der Waals surface area contributed by atoms with Gasteiger partial charge in [0.25, 0.3) is 0 Å². The van der Waals surface area contributed by atoms with E-state index in [9.17, 15) is 4.79 Å². The Morgan fingerprint density at radius 1 is 1.67 bits per heavy atom. The van der Waals surface area contributed by atoms with Crippen molar-refractivity contribution in [1.82, 2.24) is 10.3 Å². The maximum atomic E-state index is 11.2. The fraction of sp³-hybridized carbons (Fsp3) is 0.273. The molecule has 0 aliphatic carbocycles. The number of rotatable bonds is 3. The molecule has 1 aliphatic rings. The molecule has 4 heteroatoms. The molecule has 0 bridgehead atoms. The van der Waals surface area contributed by atoms with Crippen LogP contribution in [0.3, 0.4) is 0 Å². The van der Waals surface area contributed by atoms with Gasteiger partial charge in [0.2, 0.25) is 0 Å². The van der Waals surface area contributed by atoms with Crippen LogP contribution in [0.2, 0.25) is 0 Å². The summed E-state index contributed by atoms with van der Waals surface area (Å²) in [6.07, 6.45) is 3.47. The molecule has 15 heavy (non-hydrogen) atoms. The first kappa shape index (κ1) is 9.86. The first-order valence-corrected chi connectivity index (χ1v) is 4.74. The number of carbonyl (C=O) groups is 1. The normalized spacial score (nSPS) is 20.4. The molecule has 1 aromatic rings. The van der Waals surface area contributed by atoms with E-state index in [1.807, 2.05) is 12.1 Å². The van der Waals surface area contributed by atoms with Crippen molar-refractivity contribution in [3.8, 4) is 0 Å². The fourth-order valence-corrected chi connectivity index (χ4v) is 1.45. The largest absolute Gasteiger partial charge is 0.460 e. The van der Waals surface area contributed by atoms with Gasteiger partial charge in [-0.3, -0.25) is 10.3 Å². The first-order chi connectivity index (χ1) is 7.27. The first-order valence-electron chi connectivity index (χ1n) is 4.74. The molecule has 0 aromatic carbocycles. The predicted molar refractivity (Wildman–Crippen MR) is 55.0 cm³/mol. The minimum Gasteiger partial charge on any atom is -0.460 e. The van der Waals surface area contributed by atoms with Crippen LogP contribution in [0, 0.1) is 0 Å². The van der Waals surface area contributed by atoms with Gasteiger partial charge in [-0.1, -0.05) is 12.6 Å². The highest BCUT2D eigenvalue weighted by Crippen LogP contribution is 2.12. The van der Waals surface area contributed by atoms with E-state index in [0.717, 1.165) is 11.1 Å². The van der Waals surface area contributed by atoms with Crippen LogP contribution in [0.5, 0.6) is 0 Å². The molecular formula is C11H12N2O2. The summed E-state index contributed by atoms with van der Waals surface area (Å²) in [5.41, 5.74) is 1.81. The van der Waals surface area contributed by atoms with E-state index in [-0.39, 0.29) is 12.0 Å². The van der Waals surface area contributed by atoms with Crippen LogP contribution in [0.25, 0.3) is 0 Å². The van der Waals surface area contributed by atoms with Gasteiger partial charge in [0.1, 0.15) is 12.6 Å². The molecule has 1 atom stereocenters. The molecular weight excluding hydrogens is 192 g/mol. The lowest BCUT2D eigenvalue weighted by molar-refractivity contribution is -0.139. The Kier molecular flexibility index (Phi) is 2.78. The molecule has 2 rings (SSSR count). The molecule has 0 saturated carbocycles. The third-order valence-corrected chi connectivity index (χ3v) is 2.28. The monoisotopic (exact) mass is 204 g/mol. The molecule has 0 radical (unpaired) electrons. The number of hydrogen-bond donors (Lipinski definition) is 1. The smallest absolute Gasteiger partial charge is 0.327 e. The van der Waals surface area contributed by atoms with Gasteiger partial charge >= 0.3 is 5.97 Å². The van der Waals surface area contributed by atoms with Crippen molar-refractivity contribution in [2.24, 2.45) is 0 Å². The Bertz CT molecular complexity index is 359. The maximum absolute atomic E-state index is 11.2. The van der Waals surface area contributed by atoms with E-state index in [2.05, 4.69) is 16.9 Å². The van der Waals surface area contributed by atoms with Gasteiger partial charge in [-0.25, -0.2) is 4.79 Å². The molecule has 78 valence electrons. The van der Waals surface area contributed by atoms with E-state index in [1.165, 1.54) is 0 Å². The molecule has 0 amide bonds. The summed E-state index contributed by atoms with van der Waals surface area (Å²) in [5, 5.41) is 3.08. The Hall–Kier alpha value is -1.68. The van der Waals surface area contributed by atoms with E-state index in [4.69, 9.17) is 4.74 Å². The highest BCUT2D eigenvalue weighted by atomic mass is 16.5. The van der Waals surface area contributed by atoms with Crippen LogP contribution in [0.1, 0.15) is 5.56 Å². The van der Waals surface area contributed by atoms with Gasteiger partial charge in [0.15, 0.2) is 0 Å². The molecule has 1 saturated heterocycles. The predicted octanol–water partition coefficient (Wildman–Crippen LogP) is 0.653. The summed E-state index contributed by atoms with van der Waals surface area (Å²) in [7, 11) is 0. The Morgan fingerprint density at radius 3 is 3.13 bits per heavy atom. The van der Waals surface area contributed by atoms with Crippen molar-refractivity contribution in [2.45, 2.75) is 12.6 Å². The number of hydrogen-bond acceptors (Lipinski definition) is 4. The zero-order valence-corrected chi connectivity index (χ0v) is 8.27. The number of carbonyl (C=O) groups excluding carboxylic acids is 1. The van der Waals surface area contributed by atoms with E-state index < -0.39 is 0 Å². The summed E-state index contributed by atoms with van der Waals surface area (Å²) in [4.78, 5) is 15.2. The topological polar surface area (TPSA) is 51.2 Å². The molecule has 1 aromatic heterocycles. The van der Waals surface area contributed by atoms with Crippen LogP contribution in [-0.4, -0.2) is 23.6 Å². The third kappa shape index (κ3) is 2.22. The lowest BCUT2D eigenvalue weighted by atomic mass is 10.1. The van der Waals surface area contributed by atoms with Gasteiger partial charge in [0.05, 0.1) is 0 Å². The van der Waals surface area contributed by atoms with Crippen LogP contribution >= 0.6 is 0 Å². The summed E-state index contributed by atoms with van der Waals surface area (Å²) in [6.45, 7) is 4.69. The van der Waals surface area contributed by atoms with Crippen LogP contribution in [0.4, 0.5) is 0 Å². The van der Waals surface area contributed by atoms with Crippen molar-refractivity contribution in [2.75, 3.05) is 6.61 Å². The van der Waals surface area contributed by atoms with Gasteiger partial charge in [-0.2, -0.15) is 0 Å². The van der Waals surface area contributed by atoms with Gasteiger partial charge in [0, 0.05) is 18.9 Å². The van der Waals surface area contributed by atoms with Crippen LogP contribution in [-0.2, 0) is 16.1 Å². The Balaban J connectivity index is 1.93. The maximum Gasteiger partial charge on any atom is 0.327 e. The third-order valence-electron chi connectivity index (χ3n) is 2.28. The van der Waals surface area contributed by atoms with E-state index in [0.29, 0.717) is 13.2 Å². The molecule has 1 unspecified atom stereocenters. The second kappa shape index (κ2) is 4.23. The highest BCUT2D eigenvalue weighted by molar-refractivity contribution is 5.82. The average molecular weight is 204 g/mol. The summed E-state index contributed by atoms with van der Waals surface area (Å²) >= 11 is 0. The Labute approximate surface area is 88.0 Å². The lowest BCUT2D eigenvalue weighted by Crippen LogP contribution is -2.33. The molecule has 0 spiro atoms. The molecule has 2 heterocycles. The number of esters is 1. The quantitative estimate of drug-likeness (QED) is 0.580. The van der Waals surface area contributed by atoms with Crippen molar-refractivity contribution >= 4 is 5.97 Å². The lowest BCUT2D eigenvalue weighted by Gasteiger charge is -2.09. The molecule has 4 nitrogen and oxygen atoms in total. The standard InChI is InChI=1S/C11H12N2O2/c1-8-7-15-11(14)10(8)13-6-9-3-2-4-12-5-9/h2-5,10,13H,1,6-7H2. The Morgan fingerprint density at radius 2 is 2.53 bits per heavy atom. The van der Waals surface area contributed by atoms with Gasteiger partial charge in [-0.05, 0) is 17.2 Å². The van der Waals surface area contributed by atoms with Crippen LogP contribution in [0.15, 0.2) is 36.7 Å². The minimum atomic E-state index is -0.370. The molecule has 1 fully saturated rings. The van der Waals surface area contributed by atoms with Crippen molar-refractivity contribution < 1.29 is 9.53 Å². The fourth-order valence-electron chi connectivity index (χ4n) is 1.45. The summed E-state index contributed by atoms with van der Waals surface area (Å²) in [6, 6.07) is 3.44. The van der Waals surface area contributed by atoms with Crippen molar-refractivity contribution in [3.63, 3.8) is 0 Å². The second-order valence-electron chi connectivity index (χ2n) is 3.44. The number of pyridine rings is 1. The number of aromatic nitrogens is 1. The van der Waals surface area contributed by atoms with Crippen LogP contribution < -0.4 is 5.32 Å². The molecule has 1 N–H and O–H groups in total. The minimum absolute atomic E-state index is 0.246. The van der Waals surface area contributed by atoms with Gasteiger partial charge < -0.3 is 4.74 Å². The van der Waals surface area contributed by atoms with Gasteiger partial charge in [-0.15, -0.1) is 0 Å². The number of ether oxygens (including phenoxy) is 1. The summed E-state index contributed by atoms with van der Waals surface area (Å²) in [5.74, 6) is -0.246. The number of nitrogens with one attached hydrogen (secondary N) is 1. The highest BCUT2D eigenvalue weighted by Gasteiger charge is 2.29. The number of nitrogens with zero attached hydrogens (tertiary/aromatic N) is 1.